The van der Waals surface area contributed by atoms with Crippen LogP contribution in [0.4, 0.5) is 0 Å². The molecule has 3 rings (SSSR count). The largest absolute Gasteiger partial charge is 0.289 e. The average molecular weight is 338 g/mol. The normalized spacial score (nSPS) is 11.1. The van der Waals surface area contributed by atoms with E-state index in [2.05, 4.69) is 0 Å². The van der Waals surface area contributed by atoms with E-state index in [-0.39, 0.29) is 11.6 Å². The van der Waals surface area contributed by atoms with Crippen molar-refractivity contribution in [2.24, 2.45) is 0 Å². The molecule has 0 bridgehead atoms. The molecule has 0 saturated heterocycles. The van der Waals surface area contributed by atoms with E-state index in [1.165, 1.54) is 0 Å². The van der Waals surface area contributed by atoms with E-state index in [0.29, 0.717) is 11.1 Å². The number of allylic oxidation sites excluding steroid dienone is 2. The molecule has 0 aliphatic carbocycles. The van der Waals surface area contributed by atoms with Crippen LogP contribution in [0.15, 0.2) is 97.1 Å². The molecule has 2 nitrogen and oxygen atoms in total. The summed E-state index contributed by atoms with van der Waals surface area (Å²) in [5.74, 6) is -0.102. The highest BCUT2D eigenvalue weighted by Crippen LogP contribution is 2.14. The third-order valence-electron chi connectivity index (χ3n) is 3.94. The van der Waals surface area contributed by atoms with Crippen molar-refractivity contribution in [3.8, 4) is 0 Å². The highest BCUT2D eigenvalue weighted by Gasteiger charge is 2.02. The van der Waals surface area contributed by atoms with Crippen LogP contribution in [-0.2, 0) is 0 Å². The van der Waals surface area contributed by atoms with Gasteiger partial charge in [0.15, 0.2) is 11.6 Å². The number of carbonyl (C=O) groups excluding carboxylic acids is 2. The molecule has 3 aromatic rings. The van der Waals surface area contributed by atoms with Crippen LogP contribution in [0.3, 0.4) is 0 Å². The number of ketones is 2. The van der Waals surface area contributed by atoms with E-state index in [0.717, 1.165) is 11.1 Å². The van der Waals surface area contributed by atoms with Gasteiger partial charge in [0.1, 0.15) is 0 Å². The van der Waals surface area contributed by atoms with Crippen LogP contribution in [0.25, 0.3) is 12.2 Å². The van der Waals surface area contributed by atoms with Gasteiger partial charge in [-0.25, -0.2) is 0 Å². The molecule has 2 heteroatoms. The minimum atomic E-state index is -0.0512. The smallest absolute Gasteiger partial charge is 0.185 e. The summed E-state index contributed by atoms with van der Waals surface area (Å²) in [6.07, 6.45) is 6.67. The monoisotopic (exact) mass is 338 g/mol. The van der Waals surface area contributed by atoms with E-state index in [1.807, 2.05) is 60.7 Å². The minimum absolute atomic E-state index is 0.0512. The zero-order chi connectivity index (χ0) is 18.2. The second-order valence-corrected chi connectivity index (χ2v) is 5.76. The Bertz CT molecular complexity index is 871. The predicted molar refractivity (Wildman–Crippen MR) is 106 cm³/mol. The first kappa shape index (κ1) is 17.3. The first-order valence-electron chi connectivity index (χ1n) is 8.38. The molecule has 0 spiro atoms. The quantitative estimate of drug-likeness (QED) is 0.440. The summed E-state index contributed by atoms with van der Waals surface area (Å²) in [7, 11) is 0. The third kappa shape index (κ3) is 4.52. The lowest BCUT2D eigenvalue weighted by atomic mass is 10.0. The van der Waals surface area contributed by atoms with Gasteiger partial charge in [0.05, 0.1) is 0 Å². The second kappa shape index (κ2) is 8.54. The fourth-order valence-electron chi connectivity index (χ4n) is 2.54. The lowest BCUT2D eigenvalue weighted by Crippen LogP contribution is -1.94. The number of hydrogen-bond acceptors (Lipinski definition) is 2. The maximum absolute atomic E-state index is 12.2. The molecule has 26 heavy (non-hydrogen) atoms. The van der Waals surface area contributed by atoms with Crippen LogP contribution in [0.1, 0.15) is 31.8 Å². The topological polar surface area (TPSA) is 34.1 Å². The maximum atomic E-state index is 12.2. The van der Waals surface area contributed by atoms with Gasteiger partial charge in [-0.1, -0.05) is 97.1 Å². The molecule has 126 valence electrons. The van der Waals surface area contributed by atoms with Crippen molar-refractivity contribution >= 4 is 23.7 Å². The van der Waals surface area contributed by atoms with Gasteiger partial charge in [0.25, 0.3) is 0 Å². The van der Waals surface area contributed by atoms with Crippen LogP contribution in [-0.4, -0.2) is 11.6 Å². The van der Waals surface area contributed by atoms with Crippen molar-refractivity contribution in [3.05, 3.63) is 119 Å². The molecule has 0 fully saturated rings. The summed E-state index contributed by atoms with van der Waals surface area (Å²) in [6, 6.07) is 25.9. The molecule has 0 aliphatic rings. The Morgan fingerprint density at radius 2 is 0.846 bits per heavy atom. The van der Waals surface area contributed by atoms with Crippen LogP contribution >= 0.6 is 0 Å². The fraction of sp³-hybridized carbons (Fsp3) is 0. The zero-order valence-electron chi connectivity index (χ0n) is 14.2. The molecular weight excluding hydrogens is 320 g/mol. The van der Waals surface area contributed by atoms with Crippen molar-refractivity contribution in [3.63, 3.8) is 0 Å². The van der Waals surface area contributed by atoms with Gasteiger partial charge >= 0.3 is 0 Å². The Labute approximate surface area is 153 Å². The maximum Gasteiger partial charge on any atom is 0.185 e. The second-order valence-electron chi connectivity index (χ2n) is 5.76. The molecule has 0 unspecified atom stereocenters. The van der Waals surface area contributed by atoms with Gasteiger partial charge in [-0.2, -0.15) is 0 Å². The first-order valence-corrected chi connectivity index (χ1v) is 8.38. The fourth-order valence-corrected chi connectivity index (χ4v) is 2.54. The highest BCUT2D eigenvalue weighted by atomic mass is 16.1. The SMILES string of the molecule is O=C(/C=C/c1ccccc1/C=C/C(=O)c1ccccc1)c1ccccc1. The van der Waals surface area contributed by atoms with Crippen molar-refractivity contribution in [2.45, 2.75) is 0 Å². The van der Waals surface area contributed by atoms with Crippen LogP contribution in [0.2, 0.25) is 0 Å². The summed E-state index contributed by atoms with van der Waals surface area (Å²) < 4.78 is 0. The van der Waals surface area contributed by atoms with Gasteiger partial charge in [-0.05, 0) is 23.3 Å². The molecule has 0 atom stereocenters. The van der Waals surface area contributed by atoms with E-state index in [9.17, 15) is 9.59 Å². The predicted octanol–water partition coefficient (Wildman–Crippen LogP) is 5.48. The van der Waals surface area contributed by atoms with E-state index in [4.69, 9.17) is 0 Å². The van der Waals surface area contributed by atoms with E-state index in [1.54, 1.807) is 48.6 Å². The number of hydrogen-bond donors (Lipinski definition) is 0. The van der Waals surface area contributed by atoms with Gasteiger partial charge in [0, 0.05) is 11.1 Å². The van der Waals surface area contributed by atoms with E-state index >= 15 is 0 Å². The molecule has 0 saturated carbocycles. The molecule has 0 N–H and O–H groups in total. The minimum Gasteiger partial charge on any atom is -0.289 e. The molecule has 0 aliphatic heterocycles. The Morgan fingerprint density at radius 3 is 1.23 bits per heavy atom. The molecular formula is C24H18O2. The van der Waals surface area contributed by atoms with Gasteiger partial charge in [-0.3, -0.25) is 9.59 Å². The van der Waals surface area contributed by atoms with Gasteiger partial charge in [0.2, 0.25) is 0 Å². The lowest BCUT2D eigenvalue weighted by molar-refractivity contribution is 0.103. The molecule has 3 aromatic carbocycles. The summed E-state index contributed by atoms with van der Waals surface area (Å²) in [6.45, 7) is 0. The molecule has 0 aromatic heterocycles. The molecule has 0 amide bonds. The first-order chi connectivity index (χ1) is 12.7. The number of carbonyl (C=O) groups is 2. The average Bonchev–Trinajstić information content (AvgIpc) is 2.72. The molecule has 0 radical (unpaired) electrons. The standard InChI is InChI=1S/C24H18O2/c25-23(21-11-3-1-4-12-21)17-15-19-9-7-8-10-20(19)16-18-24(26)22-13-5-2-6-14-22/h1-18H/b17-15+,18-16+. The Balaban J connectivity index is 1.78. The lowest BCUT2D eigenvalue weighted by Gasteiger charge is -2.01. The summed E-state index contributed by atoms with van der Waals surface area (Å²) in [5.41, 5.74) is 3.06. The van der Waals surface area contributed by atoms with Gasteiger partial charge < -0.3 is 0 Å². The zero-order valence-corrected chi connectivity index (χ0v) is 14.2. The number of rotatable bonds is 6. The molecule has 0 heterocycles. The Morgan fingerprint density at radius 1 is 0.500 bits per heavy atom. The van der Waals surface area contributed by atoms with E-state index < -0.39 is 0 Å². The summed E-state index contributed by atoms with van der Waals surface area (Å²) >= 11 is 0. The van der Waals surface area contributed by atoms with Crippen molar-refractivity contribution in [1.82, 2.24) is 0 Å². The van der Waals surface area contributed by atoms with Crippen LogP contribution in [0.5, 0.6) is 0 Å². The number of benzene rings is 3. The third-order valence-corrected chi connectivity index (χ3v) is 3.94. The highest BCUT2D eigenvalue weighted by molar-refractivity contribution is 6.08. The van der Waals surface area contributed by atoms with Crippen molar-refractivity contribution in [2.75, 3.05) is 0 Å². The summed E-state index contributed by atoms with van der Waals surface area (Å²) in [4.78, 5) is 24.4. The van der Waals surface area contributed by atoms with Crippen molar-refractivity contribution in [1.29, 1.82) is 0 Å². The Kier molecular flexibility index (Phi) is 5.69. The van der Waals surface area contributed by atoms with Gasteiger partial charge in [-0.15, -0.1) is 0 Å². The summed E-state index contributed by atoms with van der Waals surface area (Å²) in [5, 5.41) is 0. The Hall–Kier alpha value is -3.52. The van der Waals surface area contributed by atoms with Crippen molar-refractivity contribution < 1.29 is 9.59 Å². The van der Waals surface area contributed by atoms with Crippen LogP contribution < -0.4 is 0 Å². The van der Waals surface area contributed by atoms with Crippen LogP contribution in [0, 0.1) is 0 Å².